The van der Waals surface area contributed by atoms with E-state index >= 15 is 0 Å². The van der Waals surface area contributed by atoms with Gasteiger partial charge in [-0.2, -0.15) is 11.8 Å². The number of carbonyl (C=O) groups excluding carboxylic acids is 4. The van der Waals surface area contributed by atoms with Crippen molar-refractivity contribution in [1.29, 1.82) is 0 Å². The molecule has 4 amide bonds. The highest BCUT2D eigenvalue weighted by molar-refractivity contribution is 7.98. The molecule has 0 aliphatic rings. The zero-order chi connectivity index (χ0) is 38.2. The fourth-order valence-corrected chi connectivity index (χ4v) is 5.75. The molecular formula is C38H65N5O6S. The molecule has 0 bridgehead atoms. The Bertz CT molecular complexity index is 1220. The summed E-state index contributed by atoms with van der Waals surface area (Å²) < 4.78 is 5.35. The van der Waals surface area contributed by atoms with Gasteiger partial charge in [-0.25, -0.2) is 4.79 Å². The Kier molecular flexibility index (Phi) is 19.6. The maximum atomic E-state index is 13.7. The zero-order valence-electron chi connectivity index (χ0n) is 32.2. The number of alkyl carbamates (subject to hydrolysis) is 1. The van der Waals surface area contributed by atoms with Gasteiger partial charge < -0.3 is 36.4 Å². The highest BCUT2D eigenvalue weighted by Crippen LogP contribution is 2.21. The molecule has 6 N–H and O–H groups in total. The highest BCUT2D eigenvalue weighted by atomic mass is 32.2. The molecule has 0 aliphatic heterocycles. The van der Waals surface area contributed by atoms with Crippen molar-refractivity contribution in [1.82, 2.24) is 26.6 Å². The summed E-state index contributed by atoms with van der Waals surface area (Å²) in [6.07, 6.45) is 1.44. The van der Waals surface area contributed by atoms with Crippen molar-refractivity contribution in [2.24, 2.45) is 23.7 Å². The Hall–Kier alpha value is -3.25. The Labute approximate surface area is 305 Å². The van der Waals surface area contributed by atoms with Gasteiger partial charge in [0.05, 0.1) is 12.1 Å². The van der Waals surface area contributed by atoms with Crippen LogP contribution < -0.4 is 26.6 Å². The monoisotopic (exact) mass is 719 g/mol. The van der Waals surface area contributed by atoms with Gasteiger partial charge in [-0.3, -0.25) is 14.4 Å². The molecule has 0 aromatic heterocycles. The van der Waals surface area contributed by atoms with E-state index in [1.165, 1.54) is 0 Å². The van der Waals surface area contributed by atoms with Crippen molar-refractivity contribution in [3.63, 3.8) is 0 Å². The lowest BCUT2D eigenvalue weighted by Crippen LogP contribution is -2.57. The van der Waals surface area contributed by atoms with Crippen molar-refractivity contribution in [2.75, 3.05) is 12.0 Å². The molecule has 1 aromatic rings. The maximum absolute atomic E-state index is 13.7. The van der Waals surface area contributed by atoms with Gasteiger partial charge in [0, 0.05) is 12.2 Å². The molecule has 0 fully saturated rings. The lowest BCUT2D eigenvalue weighted by atomic mass is 9.90. The Morgan fingerprint density at radius 2 is 1.40 bits per heavy atom. The smallest absolute Gasteiger partial charge is 0.408 e. The number of ether oxygens (including phenoxy) is 1. The lowest BCUT2D eigenvalue weighted by Gasteiger charge is -2.32. The molecule has 0 heterocycles. The van der Waals surface area contributed by atoms with Crippen LogP contribution in [0.3, 0.4) is 0 Å². The third-order valence-electron chi connectivity index (χ3n) is 8.17. The second-order valence-corrected chi connectivity index (χ2v) is 16.2. The van der Waals surface area contributed by atoms with Crippen LogP contribution in [0, 0.1) is 23.7 Å². The molecule has 0 spiro atoms. The topological polar surface area (TPSA) is 158 Å². The first-order valence-corrected chi connectivity index (χ1v) is 19.2. The number of aliphatic hydroxyl groups excluding tert-OH is 1. The van der Waals surface area contributed by atoms with Crippen LogP contribution in [-0.2, 0) is 25.7 Å². The molecule has 0 unspecified atom stereocenters. The number of carbonyl (C=O) groups is 4. The summed E-state index contributed by atoms with van der Waals surface area (Å²) in [6, 6.07) is 6.79. The van der Waals surface area contributed by atoms with Crippen LogP contribution in [0.5, 0.6) is 0 Å². The number of hydrogen-bond acceptors (Lipinski definition) is 8. The highest BCUT2D eigenvalue weighted by Gasteiger charge is 2.33. The van der Waals surface area contributed by atoms with E-state index in [0.717, 1.165) is 5.56 Å². The van der Waals surface area contributed by atoms with E-state index in [2.05, 4.69) is 33.2 Å². The number of amides is 4. The first-order chi connectivity index (χ1) is 23.2. The van der Waals surface area contributed by atoms with Crippen LogP contribution in [0.1, 0.15) is 94.1 Å². The van der Waals surface area contributed by atoms with Gasteiger partial charge in [-0.1, -0.05) is 85.4 Å². The summed E-state index contributed by atoms with van der Waals surface area (Å²) >= 11 is 1.55. The molecule has 0 saturated heterocycles. The lowest BCUT2D eigenvalue weighted by molar-refractivity contribution is -0.131. The number of nitrogens with one attached hydrogen (secondary N) is 5. The first-order valence-electron chi connectivity index (χ1n) is 17.8. The summed E-state index contributed by atoms with van der Waals surface area (Å²) in [5, 5.41) is 26.3. The zero-order valence-corrected chi connectivity index (χ0v) is 33.0. The molecule has 1 rings (SSSR count). The number of rotatable bonds is 21. The van der Waals surface area contributed by atoms with Gasteiger partial charge in [0.2, 0.25) is 17.7 Å². The molecule has 0 saturated carbocycles. The molecule has 0 aliphatic carbocycles. The molecular weight excluding hydrogens is 655 g/mol. The fraction of sp³-hybridized carbons (Fsp3) is 0.684. The van der Waals surface area contributed by atoms with Crippen LogP contribution in [0.4, 0.5) is 4.79 Å². The SMILES string of the molecule is C=C(N[C@H](C(=O)NCc1ccccc1)C(C)C)[C@H](C)C[C@H](O)[C@H](CC(C)C)NC(=O)[C@H](CCSC)NC(=O)[C@@H](NC(=O)OC(C)(C)C)C(C)C. The molecule has 1 aromatic carbocycles. The van der Waals surface area contributed by atoms with E-state index in [-0.39, 0.29) is 36.0 Å². The summed E-state index contributed by atoms with van der Waals surface area (Å²) in [4.78, 5) is 52.7. The van der Waals surface area contributed by atoms with Gasteiger partial charge in [0.15, 0.2) is 0 Å². The predicted molar refractivity (Wildman–Crippen MR) is 203 cm³/mol. The second-order valence-electron chi connectivity index (χ2n) is 15.3. The second kappa shape index (κ2) is 21.9. The minimum atomic E-state index is -0.923. The first kappa shape index (κ1) is 44.8. The summed E-state index contributed by atoms with van der Waals surface area (Å²) in [5.74, 6) is -0.771. The molecule has 50 heavy (non-hydrogen) atoms. The number of aliphatic hydroxyl groups is 1. The van der Waals surface area contributed by atoms with Gasteiger partial charge in [-0.15, -0.1) is 0 Å². The van der Waals surface area contributed by atoms with Crippen LogP contribution in [0.2, 0.25) is 0 Å². The van der Waals surface area contributed by atoms with E-state index < -0.39 is 53.8 Å². The van der Waals surface area contributed by atoms with E-state index in [1.807, 2.05) is 71.2 Å². The van der Waals surface area contributed by atoms with Crippen LogP contribution in [-0.4, -0.2) is 76.8 Å². The van der Waals surface area contributed by atoms with Crippen molar-refractivity contribution in [2.45, 2.75) is 131 Å². The van der Waals surface area contributed by atoms with Crippen LogP contribution in [0.25, 0.3) is 0 Å². The third-order valence-corrected chi connectivity index (χ3v) is 8.82. The fourth-order valence-electron chi connectivity index (χ4n) is 5.28. The predicted octanol–water partition coefficient (Wildman–Crippen LogP) is 5.14. The average molecular weight is 720 g/mol. The van der Waals surface area contributed by atoms with E-state index in [1.54, 1.807) is 46.4 Å². The van der Waals surface area contributed by atoms with Crippen molar-refractivity contribution in [3.05, 3.63) is 48.2 Å². The minimum absolute atomic E-state index is 0.0179. The van der Waals surface area contributed by atoms with Crippen molar-refractivity contribution >= 4 is 35.6 Å². The molecule has 284 valence electrons. The third kappa shape index (κ3) is 17.1. The average Bonchev–Trinajstić information content (AvgIpc) is 3.01. The molecule has 12 heteroatoms. The Morgan fingerprint density at radius 3 is 1.92 bits per heavy atom. The van der Waals surface area contributed by atoms with Gasteiger partial charge >= 0.3 is 6.09 Å². The molecule has 11 nitrogen and oxygen atoms in total. The maximum Gasteiger partial charge on any atom is 0.408 e. The normalized spacial score (nSPS) is 15.3. The van der Waals surface area contributed by atoms with Gasteiger partial charge in [0.1, 0.15) is 23.7 Å². The number of benzene rings is 1. The summed E-state index contributed by atoms with van der Waals surface area (Å²) in [5.41, 5.74) is 0.890. The van der Waals surface area contributed by atoms with E-state index in [0.29, 0.717) is 30.8 Å². The number of hydrogen-bond donors (Lipinski definition) is 6. The number of allylic oxidation sites excluding steroid dienone is 1. The van der Waals surface area contributed by atoms with E-state index in [9.17, 15) is 24.3 Å². The Balaban J connectivity index is 3.00. The standard InChI is InChI=1S/C38H65N5O6S/c1-23(2)20-30(31(44)21-26(7)27(8)40-32(24(3)4)35(46)39-22-28-16-14-13-15-17-28)42-34(45)29(18-19-50-12)41-36(47)33(25(5)6)43-37(48)49-38(9,10)11/h13-17,23-26,29-33,40,44H,8,18-22H2,1-7,9-12H3,(H,39,46)(H,41,47)(H,42,45)(H,43,48)/t26-,29+,30+,31+,32+,33+/m1/s1. The molecule has 6 atom stereocenters. The minimum Gasteiger partial charge on any atom is -0.444 e. The van der Waals surface area contributed by atoms with Gasteiger partial charge in [0.25, 0.3) is 0 Å². The van der Waals surface area contributed by atoms with Gasteiger partial charge in [-0.05, 0) is 81.3 Å². The number of thioether (sulfide) groups is 1. The van der Waals surface area contributed by atoms with Crippen molar-refractivity contribution in [3.8, 4) is 0 Å². The van der Waals surface area contributed by atoms with Crippen LogP contribution in [0.15, 0.2) is 42.6 Å². The quantitative estimate of drug-likeness (QED) is 0.102. The van der Waals surface area contributed by atoms with Crippen molar-refractivity contribution < 1.29 is 29.0 Å². The Morgan fingerprint density at radius 1 is 0.820 bits per heavy atom. The summed E-state index contributed by atoms with van der Waals surface area (Å²) in [6.45, 7) is 23.3. The largest absolute Gasteiger partial charge is 0.444 e. The molecule has 0 radical (unpaired) electrons. The summed E-state index contributed by atoms with van der Waals surface area (Å²) in [7, 11) is 0. The van der Waals surface area contributed by atoms with E-state index in [4.69, 9.17) is 4.74 Å². The van der Waals surface area contributed by atoms with Crippen LogP contribution >= 0.6 is 11.8 Å².